The Balaban J connectivity index is 1.91. The molecular weight excluding hydrogens is 228 g/mol. The third-order valence-corrected chi connectivity index (χ3v) is 2.97. The molecule has 4 heteroatoms. The minimum absolute atomic E-state index is 0.0364. The lowest BCUT2D eigenvalue weighted by atomic mass is 10.2. The fraction of sp³-hybridized carbons (Fsp3) is 0.214. The number of ether oxygens (including phenoxy) is 1. The smallest absolute Gasteiger partial charge is 0.255 e. The second-order valence-electron chi connectivity index (χ2n) is 4.37. The van der Waals surface area contributed by atoms with E-state index in [1.165, 1.54) is 0 Å². The van der Waals surface area contributed by atoms with Crippen LogP contribution in [0.2, 0.25) is 0 Å². The van der Waals surface area contributed by atoms with Crippen LogP contribution >= 0.6 is 0 Å². The van der Waals surface area contributed by atoms with E-state index in [9.17, 15) is 4.79 Å². The highest BCUT2D eigenvalue weighted by Crippen LogP contribution is 2.24. The lowest BCUT2D eigenvalue weighted by molar-refractivity contribution is 0.392. The fourth-order valence-electron chi connectivity index (χ4n) is 1.89. The van der Waals surface area contributed by atoms with Gasteiger partial charge in [-0.05, 0) is 31.2 Å². The lowest BCUT2D eigenvalue weighted by Gasteiger charge is -2.08. The number of nitrogens with one attached hydrogen (secondary N) is 1. The van der Waals surface area contributed by atoms with Gasteiger partial charge in [0.2, 0.25) is 0 Å². The number of hydrogen-bond acceptors (Lipinski definition) is 3. The maximum Gasteiger partial charge on any atom is 0.255 e. The van der Waals surface area contributed by atoms with Crippen LogP contribution in [0.25, 0.3) is 5.69 Å². The quantitative estimate of drug-likeness (QED) is 0.837. The zero-order chi connectivity index (χ0) is 12.5. The van der Waals surface area contributed by atoms with E-state index < -0.39 is 0 Å². The van der Waals surface area contributed by atoms with Crippen LogP contribution < -0.4 is 10.9 Å². The molecule has 92 valence electrons. The zero-order valence-corrected chi connectivity index (χ0v) is 10.0. The summed E-state index contributed by atoms with van der Waals surface area (Å²) in [5.74, 6) is 0. The van der Waals surface area contributed by atoms with Crippen molar-refractivity contribution < 1.29 is 4.74 Å². The van der Waals surface area contributed by atoms with Gasteiger partial charge in [0, 0.05) is 18.0 Å². The Hall–Kier alpha value is -2.07. The Bertz CT molecular complexity index is 621. The lowest BCUT2D eigenvalue weighted by Crippen LogP contribution is -2.15. The third-order valence-electron chi connectivity index (χ3n) is 2.97. The predicted octanol–water partition coefficient (Wildman–Crippen LogP) is 1.99. The van der Waals surface area contributed by atoms with Crippen LogP contribution in [0, 0.1) is 0 Å². The van der Waals surface area contributed by atoms with Crippen molar-refractivity contribution in [3.8, 4) is 5.69 Å². The Morgan fingerprint density at radius 2 is 2.06 bits per heavy atom. The number of nitrogens with zero attached hydrogens (tertiary/aromatic N) is 1. The van der Waals surface area contributed by atoms with Crippen molar-refractivity contribution in [2.24, 2.45) is 0 Å². The standard InChI is InChI=1S/C14H14N2O2/c1-10-14(18-10)15-11-5-4-6-12(9-11)16-8-3-2-7-13(16)17/h2-10,14-15H,1H3. The van der Waals surface area contributed by atoms with Crippen molar-refractivity contribution >= 4 is 5.69 Å². The Kier molecular flexibility index (Phi) is 2.64. The van der Waals surface area contributed by atoms with Gasteiger partial charge in [0.05, 0.1) is 5.69 Å². The highest BCUT2D eigenvalue weighted by Gasteiger charge is 2.33. The molecule has 4 nitrogen and oxygen atoms in total. The van der Waals surface area contributed by atoms with E-state index >= 15 is 0 Å². The summed E-state index contributed by atoms with van der Waals surface area (Å²) < 4.78 is 6.92. The Morgan fingerprint density at radius 1 is 1.22 bits per heavy atom. The predicted molar refractivity (Wildman–Crippen MR) is 70.0 cm³/mol. The molecule has 1 aliphatic rings. The molecule has 0 bridgehead atoms. The first-order valence-corrected chi connectivity index (χ1v) is 5.94. The van der Waals surface area contributed by atoms with Gasteiger partial charge in [0.1, 0.15) is 6.10 Å². The first-order valence-electron chi connectivity index (χ1n) is 5.94. The minimum Gasteiger partial charge on any atom is -0.358 e. The van der Waals surface area contributed by atoms with Crippen LogP contribution in [0.15, 0.2) is 53.5 Å². The molecule has 1 aromatic heterocycles. The van der Waals surface area contributed by atoms with Gasteiger partial charge < -0.3 is 10.1 Å². The van der Waals surface area contributed by atoms with Crippen LogP contribution in [0.5, 0.6) is 0 Å². The van der Waals surface area contributed by atoms with E-state index in [0.717, 1.165) is 11.4 Å². The van der Waals surface area contributed by atoms with Gasteiger partial charge in [0.15, 0.2) is 6.23 Å². The number of anilines is 1. The molecule has 0 aliphatic carbocycles. The van der Waals surface area contributed by atoms with E-state index in [1.807, 2.05) is 37.3 Å². The van der Waals surface area contributed by atoms with Crippen molar-refractivity contribution in [3.05, 3.63) is 59.0 Å². The average molecular weight is 242 g/mol. The summed E-state index contributed by atoms with van der Waals surface area (Å²) in [7, 11) is 0. The van der Waals surface area contributed by atoms with Crippen molar-refractivity contribution in [1.82, 2.24) is 4.57 Å². The molecule has 1 aliphatic heterocycles. The van der Waals surface area contributed by atoms with E-state index in [-0.39, 0.29) is 17.9 Å². The van der Waals surface area contributed by atoms with Crippen LogP contribution in [-0.4, -0.2) is 16.9 Å². The molecule has 0 amide bonds. The van der Waals surface area contributed by atoms with Crippen molar-refractivity contribution in [3.63, 3.8) is 0 Å². The number of pyridine rings is 1. The highest BCUT2D eigenvalue weighted by atomic mass is 16.6. The maximum absolute atomic E-state index is 11.7. The summed E-state index contributed by atoms with van der Waals surface area (Å²) in [5, 5.41) is 3.26. The molecule has 0 radical (unpaired) electrons. The molecule has 0 spiro atoms. The summed E-state index contributed by atoms with van der Waals surface area (Å²) in [4.78, 5) is 11.7. The monoisotopic (exact) mass is 242 g/mol. The van der Waals surface area contributed by atoms with Gasteiger partial charge >= 0.3 is 0 Å². The topological polar surface area (TPSA) is 46.6 Å². The molecule has 2 unspecified atom stereocenters. The second kappa shape index (κ2) is 4.31. The molecule has 0 saturated carbocycles. The molecule has 2 atom stereocenters. The molecule has 1 N–H and O–H groups in total. The molecule has 1 saturated heterocycles. The van der Waals surface area contributed by atoms with Gasteiger partial charge in [-0.1, -0.05) is 12.1 Å². The molecule has 18 heavy (non-hydrogen) atoms. The normalized spacial score (nSPS) is 21.6. The third kappa shape index (κ3) is 2.15. The summed E-state index contributed by atoms with van der Waals surface area (Å²) in [6.07, 6.45) is 2.11. The largest absolute Gasteiger partial charge is 0.358 e. The number of aromatic nitrogens is 1. The molecule has 2 heterocycles. The summed E-state index contributed by atoms with van der Waals surface area (Å²) in [5.41, 5.74) is 1.77. The summed E-state index contributed by atoms with van der Waals surface area (Å²) >= 11 is 0. The molecule has 1 fully saturated rings. The molecular formula is C14H14N2O2. The molecule has 3 rings (SSSR count). The van der Waals surface area contributed by atoms with Crippen LogP contribution in [-0.2, 0) is 4.74 Å². The van der Waals surface area contributed by atoms with Gasteiger partial charge in [0.25, 0.3) is 5.56 Å². The van der Waals surface area contributed by atoms with Gasteiger partial charge in [-0.2, -0.15) is 0 Å². The van der Waals surface area contributed by atoms with Crippen LogP contribution in [0.1, 0.15) is 6.92 Å². The van der Waals surface area contributed by atoms with Gasteiger partial charge in [-0.25, -0.2) is 0 Å². The first kappa shape index (κ1) is 11.0. The first-order chi connectivity index (χ1) is 8.74. The Morgan fingerprint density at radius 3 is 2.78 bits per heavy atom. The minimum atomic E-state index is -0.0364. The number of benzene rings is 1. The molecule has 1 aromatic carbocycles. The number of rotatable bonds is 3. The SMILES string of the molecule is CC1OC1Nc1cccc(-n2ccccc2=O)c1. The Labute approximate surface area is 105 Å². The van der Waals surface area contributed by atoms with Crippen molar-refractivity contribution in [2.75, 3.05) is 5.32 Å². The van der Waals surface area contributed by atoms with E-state index in [2.05, 4.69) is 5.32 Å². The van der Waals surface area contributed by atoms with Crippen molar-refractivity contribution in [2.45, 2.75) is 19.3 Å². The van der Waals surface area contributed by atoms with Gasteiger partial charge in [-0.3, -0.25) is 9.36 Å². The highest BCUT2D eigenvalue weighted by molar-refractivity contribution is 5.52. The van der Waals surface area contributed by atoms with Crippen LogP contribution in [0.3, 0.4) is 0 Å². The zero-order valence-electron chi connectivity index (χ0n) is 10.0. The van der Waals surface area contributed by atoms with E-state index in [4.69, 9.17) is 4.74 Å². The molecule has 2 aromatic rings. The fourth-order valence-corrected chi connectivity index (χ4v) is 1.89. The second-order valence-corrected chi connectivity index (χ2v) is 4.37. The number of epoxide rings is 1. The average Bonchev–Trinajstić information content (AvgIpc) is 3.06. The number of hydrogen-bond donors (Lipinski definition) is 1. The van der Waals surface area contributed by atoms with E-state index in [1.54, 1.807) is 22.9 Å². The van der Waals surface area contributed by atoms with Crippen molar-refractivity contribution in [1.29, 1.82) is 0 Å². The van der Waals surface area contributed by atoms with E-state index in [0.29, 0.717) is 0 Å². The maximum atomic E-state index is 11.7. The summed E-state index contributed by atoms with van der Waals surface area (Å²) in [6, 6.07) is 12.9. The van der Waals surface area contributed by atoms with Crippen LogP contribution in [0.4, 0.5) is 5.69 Å². The summed E-state index contributed by atoms with van der Waals surface area (Å²) in [6.45, 7) is 2.02. The van der Waals surface area contributed by atoms with Gasteiger partial charge in [-0.15, -0.1) is 0 Å².